The molecular formula is C10H17Cl2Ir. The first-order valence-corrected chi connectivity index (χ1v) is 5.11. The van der Waals surface area contributed by atoms with E-state index in [-0.39, 0.29) is 24.8 Å². The van der Waals surface area contributed by atoms with Crippen molar-refractivity contribution >= 4 is 24.8 Å². The summed E-state index contributed by atoms with van der Waals surface area (Å²) in [6.07, 6.45) is 0. The second-order valence-corrected chi connectivity index (χ2v) is 4.99. The van der Waals surface area contributed by atoms with Crippen LogP contribution >= 0.6 is 24.8 Å². The zero-order chi connectivity index (χ0) is 8.81. The predicted molar refractivity (Wildman–Crippen MR) is 59.4 cm³/mol. The van der Waals surface area contributed by atoms with Gasteiger partial charge in [0.2, 0.25) is 0 Å². The monoisotopic (exact) mass is 400 g/mol. The first kappa shape index (κ1) is 16.2. The summed E-state index contributed by atoms with van der Waals surface area (Å²) in [6.45, 7) is 11.3. The summed E-state index contributed by atoms with van der Waals surface area (Å²) in [5, 5.41) is 0. The van der Waals surface area contributed by atoms with Crippen LogP contribution in [0.4, 0.5) is 0 Å². The SMILES string of the molecule is CC1=C(C)C(C)(C)[C]([Ir])=C1C.Cl.Cl. The molecule has 1 rings (SSSR count). The van der Waals surface area contributed by atoms with E-state index in [0.29, 0.717) is 5.41 Å². The molecule has 0 aromatic heterocycles. The van der Waals surface area contributed by atoms with Crippen molar-refractivity contribution in [1.82, 2.24) is 0 Å². The van der Waals surface area contributed by atoms with Crippen molar-refractivity contribution in [3.05, 3.63) is 20.8 Å². The largest absolute Gasteiger partial charge is 0.147 e. The number of hydrogen-bond donors (Lipinski definition) is 0. The Morgan fingerprint density at radius 2 is 1.31 bits per heavy atom. The molecule has 3 heteroatoms. The molecule has 13 heavy (non-hydrogen) atoms. The van der Waals surface area contributed by atoms with Crippen molar-refractivity contribution in [1.29, 1.82) is 0 Å². The molecule has 0 nitrogen and oxygen atoms in total. The van der Waals surface area contributed by atoms with Gasteiger partial charge in [-0.3, -0.25) is 0 Å². The predicted octanol–water partition coefficient (Wildman–Crippen LogP) is 4.03. The van der Waals surface area contributed by atoms with Gasteiger partial charge in [-0.25, -0.2) is 0 Å². The van der Waals surface area contributed by atoms with E-state index in [1.54, 1.807) is 0 Å². The summed E-state index contributed by atoms with van der Waals surface area (Å²) in [4.78, 5) is 0. The quantitative estimate of drug-likeness (QED) is 0.576. The maximum atomic E-state index is 2.30. The molecule has 0 radical (unpaired) electrons. The van der Waals surface area contributed by atoms with Crippen molar-refractivity contribution < 1.29 is 18.9 Å². The zero-order valence-corrected chi connectivity index (χ0v) is 12.7. The normalized spacial score (nSPS) is 19.9. The molecule has 0 fully saturated rings. The van der Waals surface area contributed by atoms with Crippen molar-refractivity contribution in [3.8, 4) is 0 Å². The van der Waals surface area contributed by atoms with Gasteiger partial charge in [0.25, 0.3) is 0 Å². The van der Waals surface area contributed by atoms with Gasteiger partial charge in [-0.05, 0) is 0 Å². The van der Waals surface area contributed by atoms with Crippen LogP contribution in [0.3, 0.4) is 0 Å². The van der Waals surface area contributed by atoms with Crippen LogP contribution in [0.1, 0.15) is 34.6 Å². The third kappa shape index (κ3) is 2.39. The summed E-state index contributed by atoms with van der Waals surface area (Å²) in [7, 11) is 0. The first-order valence-electron chi connectivity index (χ1n) is 3.92. The molecule has 0 bridgehead atoms. The van der Waals surface area contributed by atoms with E-state index in [2.05, 4.69) is 53.5 Å². The molecule has 0 unspecified atom stereocenters. The van der Waals surface area contributed by atoms with Crippen LogP contribution in [0.15, 0.2) is 20.8 Å². The Morgan fingerprint density at radius 1 is 0.923 bits per heavy atom. The minimum atomic E-state index is 0. The smallest absolute Gasteiger partial charge is 0.147 e. The Hall–Kier alpha value is 0.709. The van der Waals surface area contributed by atoms with E-state index in [1.807, 2.05) is 0 Å². The van der Waals surface area contributed by atoms with Gasteiger partial charge < -0.3 is 0 Å². The average molecular weight is 400 g/mol. The maximum absolute atomic E-state index is 2.30. The van der Waals surface area contributed by atoms with Crippen LogP contribution in [-0.2, 0) is 18.9 Å². The summed E-state index contributed by atoms with van der Waals surface area (Å²) >= 11 is 2.25. The van der Waals surface area contributed by atoms with Gasteiger partial charge >= 0.3 is 79.7 Å². The van der Waals surface area contributed by atoms with Gasteiger partial charge in [0.1, 0.15) is 0 Å². The first-order chi connectivity index (χ1) is 4.89. The maximum Gasteiger partial charge on any atom is -0.147 e. The Labute approximate surface area is 104 Å². The molecule has 0 amide bonds. The zero-order valence-electron chi connectivity index (χ0n) is 8.65. The molecule has 0 heterocycles. The van der Waals surface area contributed by atoms with Crippen LogP contribution in [-0.4, -0.2) is 0 Å². The Balaban J connectivity index is 0. The molecule has 0 spiro atoms. The molecule has 0 atom stereocenters. The van der Waals surface area contributed by atoms with Crippen LogP contribution in [0.5, 0.6) is 0 Å². The second kappa shape index (κ2) is 4.98. The minimum absolute atomic E-state index is 0. The molecular weight excluding hydrogens is 383 g/mol. The second-order valence-electron chi connectivity index (χ2n) is 3.79. The van der Waals surface area contributed by atoms with E-state index in [1.165, 1.54) is 20.8 Å². The van der Waals surface area contributed by atoms with E-state index in [0.717, 1.165) is 0 Å². The molecule has 0 aromatic rings. The van der Waals surface area contributed by atoms with Crippen molar-refractivity contribution in [2.75, 3.05) is 0 Å². The van der Waals surface area contributed by atoms with Crippen molar-refractivity contribution in [3.63, 3.8) is 0 Å². The topological polar surface area (TPSA) is 0 Å². The molecule has 1 aliphatic carbocycles. The molecule has 80 valence electrons. The molecule has 0 aliphatic heterocycles. The van der Waals surface area contributed by atoms with E-state index >= 15 is 0 Å². The van der Waals surface area contributed by atoms with Gasteiger partial charge in [-0.2, -0.15) is 0 Å². The van der Waals surface area contributed by atoms with Crippen LogP contribution in [0, 0.1) is 5.41 Å². The number of allylic oxidation sites excluding steroid dienone is 4. The van der Waals surface area contributed by atoms with Crippen molar-refractivity contribution in [2.24, 2.45) is 5.41 Å². The molecule has 1 aliphatic rings. The van der Waals surface area contributed by atoms with Gasteiger partial charge in [0.05, 0.1) is 0 Å². The Morgan fingerprint density at radius 3 is 1.38 bits per heavy atom. The summed E-state index contributed by atoms with van der Waals surface area (Å²) < 4.78 is 1.53. The Kier molecular flexibility index (Phi) is 6.18. The fourth-order valence-corrected chi connectivity index (χ4v) is 2.43. The van der Waals surface area contributed by atoms with Crippen molar-refractivity contribution in [2.45, 2.75) is 34.6 Å². The average Bonchev–Trinajstić information content (AvgIpc) is 2.06. The van der Waals surface area contributed by atoms with E-state index in [9.17, 15) is 0 Å². The summed E-state index contributed by atoms with van der Waals surface area (Å²) in [5.74, 6) is 0. The van der Waals surface area contributed by atoms with Gasteiger partial charge in [0.15, 0.2) is 0 Å². The van der Waals surface area contributed by atoms with E-state index < -0.39 is 0 Å². The number of hydrogen-bond acceptors (Lipinski definition) is 0. The van der Waals surface area contributed by atoms with Gasteiger partial charge in [-0.1, -0.05) is 0 Å². The summed E-state index contributed by atoms with van der Waals surface area (Å²) in [6, 6.07) is 0. The molecule has 0 saturated heterocycles. The number of rotatable bonds is 0. The van der Waals surface area contributed by atoms with Gasteiger partial charge in [0, 0.05) is 0 Å². The van der Waals surface area contributed by atoms with Crippen LogP contribution < -0.4 is 0 Å². The van der Waals surface area contributed by atoms with Crippen LogP contribution in [0.25, 0.3) is 0 Å². The Bertz CT molecular complexity index is 236. The molecule has 0 N–H and O–H groups in total. The fourth-order valence-electron chi connectivity index (χ4n) is 1.53. The van der Waals surface area contributed by atoms with Gasteiger partial charge in [-0.15, -0.1) is 24.8 Å². The molecule has 0 aromatic carbocycles. The van der Waals surface area contributed by atoms with Crippen LogP contribution in [0.2, 0.25) is 0 Å². The standard InChI is InChI=1S/C10H15.2ClH.Ir/c1-7-6-10(4,5)9(3)8(7)2;;;/h1-5H3;2*1H;. The minimum Gasteiger partial charge on any atom is -0.147 e. The number of halogens is 2. The van der Waals surface area contributed by atoms with E-state index in [4.69, 9.17) is 0 Å². The fraction of sp³-hybridized carbons (Fsp3) is 0.600. The summed E-state index contributed by atoms with van der Waals surface area (Å²) in [5.41, 5.74) is 4.83. The molecule has 0 saturated carbocycles. The third-order valence-electron chi connectivity index (χ3n) is 2.90. The third-order valence-corrected chi connectivity index (χ3v) is 5.29.